The van der Waals surface area contributed by atoms with E-state index in [1.54, 1.807) is 0 Å². The molecule has 1 aromatic rings. The Bertz CT molecular complexity index is 368. The first-order valence-electron chi connectivity index (χ1n) is 5.18. The van der Waals surface area contributed by atoms with Crippen molar-refractivity contribution >= 4 is 17.6 Å². The van der Waals surface area contributed by atoms with Crippen molar-refractivity contribution in [2.45, 2.75) is 19.4 Å². The van der Waals surface area contributed by atoms with E-state index < -0.39 is 5.97 Å². The molecular formula is C12H16ClNO2. The summed E-state index contributed by atoms with van der Waals surface area (Å²) in [6, 6.07) is 7.80. The maximum atomic E-state index is 10.5. The van der Waals surface area contributed by atoms with Crippen molar-refractivity contribution in [3.63, 3.8) is 0 Å². The first-order chi connectivity index (χ1) is 7.50. The molecule has 1 N–H and O–H groups in total. The lowest BCUT2D eigenvalue weighted by molar-refractivity contribution is -0.137. The molecule has 0 heterocycles. The molecule has 0 saturated carbocycles. The molecule has 16 heavy (non-hydrogen) atoms. The predicted molar refractivity (Wildman–Crippen MR) is 64.7 cm³/mol. The lowest BCUT2D eigenvalue weighted by atomic mass is 10.1. The van der Waals surface area contributed by atoms with Crippen LogP contribution >= 0.6 is 11.6 Å². The lowest BCUT2D eigenvalue weighted by Crippen LogP contribution is -2.25. The molecule has 0 aromatic heterocycles. The Hall–Kier alpha value is -1.06. The highest BCUT2D eigenvalue weighted by atomic mass is 35.5. The second-order valence-corrected chi connectivity index (χ2v) is 4.29. The topological polar surface area (TPSA) is 40.5 Å². The van der Waals surface area contributed by atoms with Gasteiger partial charge in [-0.15, -0.1) is 0 Å². The van der Waals surface area contributed by atoms with Crippen LogP contribution in [0.4, 0.5) is 0 Å². The van der Waals surface area contributed by atoms with Crippen molar-refractivity contribution in [2.75, 3.05) is 13.6 Å². The highest BCUT2D eigenvalue weighted by Gasteiger charge is 2.12. The van der Waals surface area contributed by atoms with E-state index in [2.05, 4.69) is 0 Å². The highest BCUT2D eigenvalue weighted by molar-refractivity contribution is 6.30. The van der Waals surface area contributed by atoms with E-state index in [0.717, 1.165) is 5.56 Å². The Morgan fingerprint density at radius 2 is 2.25 bits per heavy atom. The average molecular weight is 242 g/mol. The summed E-state index contributed by atoms with van der Waals surface area (Å²) in [5.74, 6) is -0.773. The zero-order chi connectivity index (χ0) is 12.1. The monoisotopic (exact) mass is 241 g/mol. The SMILES string of the molecule is CC(c1cccc(Cl)c1)N(C)CCC(=O)O. The summed E-state index contributed by atoms with van der Waals surface area (Å²) in [7, 11) is 1.91. The highest BCUT2D eigenvalue weighted by Crippen LogP contribution is 2.21. The quantitative estimate of drug-likeness (QED) is 0.862. The van der Waals surface area contributed by atoms with Crippen molar-refractivity contribution < 1.29 is 9.90 Å². The molecule has 0 aliphatic heterocycles. The van der Waals surface area contributed by atoms with Crippen LogP contribution in [0, 0.1) is 0 Å². The molecule has 0 bridgehead atoms. The predicted octanol–water partition coefficient (Wildman–Crippen LogP) is 2.81. The maximum absolute atomic E-state index is 10.5. The lowest BCUT2D eigenvalue weighted by Gasteiger charge is -2.24. The molecular weight excluding hydrogens is 226 g/mol. The van der Waals surface area contributed by atoms with Gasteiger partial charge in [0, 0.05) is 17.6 Å². The number of carboxylic acids is 1. The van der Waals surface area contributed by atoms with Gasteiger partial charge in [0.25, 0.3) is 0 Å². The standard InChI is InChI=1S/C12H16ClNO2/c1-9(14(2)7-6-12(15)16)10-4-3-5-11(13)8-10/h3-5,8-9H,6-7H2,1-2H3,(H,15,16). The fourth-order valence-electron chi connectivity index (χ4n) is 1.49. The van der Waals surface area contributed by atoms with Crippen LogP contribution in [0.1, 0.15) is 24.9 Å². The number of hydrogen-bond acceptors (Lipinski definition) is 2. The maximum Gasteiger partial charge on any atom is 0.304 e. The minimum Gasteiger partial charge on any atom is -0.481 e. The van der Waals surface area contributed by atoms with Crippen LogP contribution in [-0.2, 0) is 4.79 Å². The molecule has 3 nitrogen and oxygen atoms in total. The van der Waals surface area contributed by atoms with Gasteiger partial charge in [-0.05, 0) is 31.7 Å². The van der Waals surface area contributed by atoms with Crippen molar-refractivity contribution in [3.05, 3.63) is 34.9 Å². The molecule has 0 spiro atoms. The third-order valence-corrected chi connectivity index (χ3v) is 2.91. The average Bonchev–Trinajstić information content (AvgIpc) is 2.24. The van der Waals surface area contributed by atoms with Gasteiger partial charge in [0.15, 0.2) is 0 Å². The van der Waals surface area contributed by atoms with Crippen molar-refractivity contribution in [1.82, 2.24) is 4.90 Å². The summed E-state index contributed by atoms with van der Waals surface area (Å²) in [6.07, 6.45) is 0.154. The summed E-state index contributed by atoms with van der Waals surface area (Å²) in [4.78, 5) is 12.5. The van der Waals surface area contributed by atoms with Crippen molar-refractivity contribution in [2.24, 2.45) is 0 Å². The molecule has 1 rings (SSSR count). The zero-order valence-corrected chi connectivity index (χ0v) is 10.2. The molecule has 0 amide bonds. The summed E-state index contributed by atoms with van der Waals surface area (Å²) in [6.45, 7) is 2.57. The van der Waals surface area contributed by atoms with Crippen LogP contribution in [0.5, 0.6) is 0 Å². The molecule has 0 saturated heterocycles. The Labute approximate surface area is 101 Å². The van der Waals surface area contributed by atoms with E-state index >= 15 is 0 Å². The molecule has 88 valence electrons. The Morgan fingerprint density at radius 3 is 2.81 bits per heavy atom. The summed E-state index contributed by atoms with van der Waals surface area (Å²) in [5, 5.41) is 9.32. The van der Waals surface area contributed by atoms with E-state index in [4.69, 9.17) is 16.7 Å². The summed E-state index contributed by atoms with van der Waals surface area (Å²) < 4.78 is 0. The van der Waals surface area contributed by atoms with Crippen LogP contribution < -0.4 is 0 Å². The van der Waals surface area contributed by atoms with E-state index in [1.165, 1.54) is 0 Å². The Morgan fingerprint density at radius 1 is 1.56 bits per heavy atom. The van der Waals surface area contributed by atoms with Crippen LogP contribution in [-0.4, -0.2) is 29.6 Å². The Balaban J connectivity index is 2.62. The second kappa shape index (κ2) is 5.87. The first kappa shape index (κ1) is 13.0. The van der Waals surface area contributed by atoms with Gasteiger partial charge in [-0.25, -0.2) is 0 Å². The summed E-state index contributed by atoms with van der Waals surface area (Å²) >= 11 is 5.91. The fourth-order valence-corrected chi connectivity index (χ4v) is 1.69. The number of carboxylic acid groups (broad SMARTS) is 1. The van der Waals surface area contributed by atoms with Gasteiger partial charge in [0.1, 0.15) is 0 Å². The van der Waals surface area contributed by atoms with Gasteiger partial charge in [0.05, 0.1) is 6.42 Å². The third-order valence-electron chi connectivity index (χ3n) is 2.67. The van der Waals surface area contributed by atoms with Gasteiger partial charge >= 0.3 is 5.97 Å². The second-order valence-electron chi connectivity index (χ2n) is 3.86. The smallest absolute Gasteiger partial charge is 0.304 e. The van der Waals surface area contributed by atoms with Crippen LogP contribution in [0.2, 0.25) is 5.02 Å². The Kier molecular flexibility index (Phi) is 4.77. The molecule has 0 aliphatic carbocycles. The minimum atomic E-state index is -0.773. The number of benzene rings is 1. The first-order valence-corrected chi connectivity index (χ1v) is 5.56. The number of aliphatic carboxylic acids is 1. The van der Waals surface area contributed by atoms with Gasteiger partial charge in [0.2, 0.25) is 0 Å². The van der Waals surface area contributed by atoms with Crippen LogP contribution in [0.3, 0.4) is 0 Å². The van der Waals surface area contributed by atoms with Gasteiger partial charge < -0.3 is 5.11 Å². The van der Waals surface area contributed by atoms with Gasteiger partial charge in [-0.2, -0.15) is 0 Å². The summed E-state index contributed by atoms with van der Waals surface area (Å²) in [5.41, 5.74) is 1.10. The zero-order valence-electron chi connectivity index (χ0n) is 9.48. The van der Waals surface area contributed by atoms with Gasteiger partial charge in [-0.3, -0.25) is 9.69 Å². The fraction of sp³-hybridized carbons (Fsp3) is 0.417. The molecule has 0 aliphatic rings. The van der Waals surface area contributed by atoms with E-state index in [9.17, 15) is 4.79 Å². The minimum absolute atomic E-state index is 0.154. The molecule has 4 heteroatoms. The number of nitrogens with zero attached hydrogens (tertiary/aromatic N) is 1. The molecule has 1 aromatic carbocycles. The number of rotatable bonds is 5. The van der Waals surface area contributed by atoms with Crippen molar-refractivity contribution in [1.29, 1.82) is 0 Å². The van der Waals surface area contributed by atoms with E-state index in [1.807, 2.05) is 43.1 Å². The molecule has 1 atom stereocenters. The van der Waals surface area contributed by atoms with E-state index in [-0.39, 0.29) is 12.5 Å². The van der Waals surface area contributed by atoms with Crippen molar-refractivity contribution in [3.8, 4) is 0 Å². The largest absolute Gasteiger partial charge is 0.481 e. The molecule has 0 fully saturated rings. The molecule has 1 unspecified atom stereocenters. The number of hydrogen-bond donors (Lipinski definition) is 1. The van der Waals surface area contributed by atoms with Gasteiger partial charge in [-0.1, -0.05) is 23.7 Å². The normalized spacial score (nSPS) is 12.8. The third kappa shape index (κ3) is 3.83. The number of halogens is 1. The van der Waals surface area contributed by atoms with E-state index in [0.29, 0.717) is 11.6 Å². The molecule has 0 radical (unpaired) electrons. The number of carbonyl (C=O) groups is 1. The van der Waals surface area contributed by atoms with Crippen LogP contribution in [0.15, 0.2) is 24.3 Å². The van der Waals surface area contributed by atoms with Crippen LogP contribution in [0.25, 0.3) is 0 Å².